The Morgan fingerprint density at radius 1 is 1.32 bits per heavy atom. The monoisotopic (exact) mass is 527 g/mol. The van der Waals surface area contributed by atoms with E-state index in [0.717, 1.165) is 13.0 Å². The average molecular weight is 527 g/mol. The van der Waals surface area contributed by atoms with Crippen LogP contribution in [0.2, 0.25) is 0 Å². The minimum absolute atomic E-state index is 0.0332. The number of fused-ring (bicyclic) bond motifs is 4. The number of ether oxygens (including phenoxy) is 1. The van der Waals surface area contributed by atoms with Crippen LogP contribution in [0.4, 0.5) is 39.7 Å². The van der Waals surface area contributed by atoms with Gasteiger partial charge in [-0.1, -0.05) is 6.92 Å². The third-order valence-electron chi connectivity index (χ3n) is 6.19. The van der Waals surface area contributed by atoms with E-state index in [1.54, 1.807) is 4.90 Å². The van der Waals surface area contributed by atoms with Crippen molar-refractivity contribution in [1.29, 1.82) is 0 Å². The number of nitrogens with one attached hydrogen (secondary N) is 1. The smallest absolute Gasteiger partial charge is 0.391 e. The number of hydrogen-bond donors (Lipinski definition) is 3. The zero-order valence-corrected chi connectivity index (χ0v) is 19.7. The number of aliphatic hydroxyl groups is 2. The molecule has 3 atom stereocenters. The van der Waals surface area contributed by atoms with E-state index in [0.29, 0.717) is 19.5 Å². The summed E-state index contributed by atoms with van der Waals surface area (Å²) in [7, 11) is 0. The molecule has 0 aliphatic carbocycles. The maximum Gasteiger partial charge on any atom is 0.391 e. The molecule has 0 unspecified atom stereocenters. The number of pyridine rings is 2. The third-order valence-corrected chi connectivity index (χ3v) is 6.19. The topological polar surface area (TPSA) is 128 Å². The first-order valence-electron chi connectivity index (χ1n) is 11.5. The Bertz CT molecular complexity index is 1180. The number of carbonyl (C=O) groups excluding carboxylic acids is 2. The highest BCUT2D eigenvalue weighted by molar-refractivity contribution is 6.05. The average Bonchev–Trinajstić information content (AvgIpc) is 3.26. The Hall–Kier alpha value is -3.52. The number of amides is 2. The number of Topliss-reactive ketones (excluding diaryl/α,β-unsaturated/α-hetero) is 1. The maximum absolute atomic E-state index is 14.8. The Kier molecular flexibility index (Phi) is 7.50. The summed E-state index contributed by atoms with van der Waals surface area (Å²) < 4.78 is 59.0. The van der Waals surface area contributed by atoms with Gasteiger partial charge in [-0.25, -0.2) is 19.2 Å². The summed E-state index contributed by atoms with van der Waals surface area (Å²) in [5.41, 5.74) is -0.504. The number of carbonyl (C=O) groups is 2. The van der Waals surface area contributed by atoms with Gasteiger partial charge in [0.15, 0.2) is 17.4 Å². The van der Waals surface area contributed by atoms with Crippen LogP contribution >= 0.6 is 0 Å². The Morgan fingerprint density at radius 2 is 2.08 bits per heavy atom. The molecule has 2 aromatic heterocycles. The highest BCUT2D eigenvalue weighted by atomic mass is 19.4. The number of halogens is 4. The molecule has 10 nitrogen and oxygen atoms in total. The standard InChI is InChI=1S/C23H25F4N5O5/c1-12(23(25,26)27)6-18(35)20-16(24)8-17-21(30-20)32(13-3-5-31(17)9-13)22(36)29-19-7-15(2-4-28-19)37-11-14(34)10-33/h2,4,7-8,12-14,33-34H,3,5-6,9-11H2,1H3,(H,28,29,36)/t12-,13-,14+/m0/s1. The lowest BCUT2D eigenvalue weighted by Crippen LogP contribution is -2.48. The number of alkyl halides is 3. The van der Waals surface area contributed by atoms with Gasteiger partial charge < -0.3 is 19.8 Å². The summed E-state index contributed by atoms with van der Waals surface area (Å²) in [5.74, 6) is -3.85. The molecule has 1 saturated heterocycles. The summed E-state index contributed by atoms with van der Waals surface area (Å²) in [6.07, 6.45) is -4.82. The van der Waals surface area contributed by atoms with Crippen molar-refractivity contribution in [1.82, 2.24) is 9.97 Å². The SMILES string of the molecule is C[C@@H](CC(=O)c1nc2c(cc1F)N1CC[C@@H](C1)N2C(=O)Nc1cc(OC[C@H](O)CO)ccn1)C(F)(F)F. The number of aromatic nitrogens is 2. The normalized spacial score (nSPS) is 18.3. The van der Waals surface area contributed by atoms with Crippen LogP contribution in [0.1, 0.15) is 30.3 Å². The van der Waals surface area contributed by atoms with E-state index in [1.165, 1.54) is 23.2 Å². The summed E-state index contributed by atoms with van der Waals surface area (Å²) >= 11 is 0. The van der Waals surface area contributed by atoms with Gasteiger partial charge in [0.25, 0.3) is 0 Å². The fourth-order valence-electron chi connectivity index (χ4n) is 4.16. The molecule has 200 valence electrons. The molecular weight excluding hydrogens is 502 g/mol. The molecule has 2 bridgehead atoms. The highest BCUT2D eigenvalue weighted by Crippen LogP contribution is 2.40. The van der Waals surface area contributed by atoms with Gasteiger partial charge in [0.1, 0.15) is 30.0 Å². The molecule has 0 radical (unpaired) electrons. The molecule has 37 heavy (non-hydrogen) atoms. The van der Waals surface area contributed by atoms with Gasteiger partial charge in [0.05, 0.1) is 24.3 Å². The summed E-state index contributed by atoms with van der Waals surface area (Å²) in [6, 6.07) is 2.83. The molecule has 3 N–H and O–H groups in total. The fourth-order valence-corrected chi connectivity index (χ4v) is 4.16. The van der Waals surface area contributed by atoms with Crippen LogP contribution in [-0.2, 0) is 0 Å². The first-order valence-corrected chi connectivity index (χ1v) is 11.5. The number of ketones is 1. The fraction of sp³-hybridized carbons (Fsp3) is 0.478. The Balaban J connectivity index is 1.59. The second-order valence-corrected chi connectivity index (χ2v) is 8.94. The van der Waals surface area contributed by atoms with Crippen molar-refractivity contribution in [2.24, 2.45) is 5.92 Å². The predicted octanol–water partition coefficient (Wildman–Crippen LogP) is 2.75. The predicted molar refractivity (Wildman–Crippen MR) is 123 cm³/mol. The molecule has 0 saturated carbocycles. The minimum Gasteiger partial charge on any atom is -0.491 e. The van der Waals surface area contributed by atoms with Crippen molar-refractivity contribution in [3.63, 3.8) is 0 Å². The van der Waals surface area contributed by atoms with Gasteiger partial charge in [-0.2, -0.15) is 13.2 Å². The Labute approximate surface area is 208 Å². The van der Waals surface area contributed by atoms with E-state index in [-0.39, 0.29) is 35.7 Å². The van der Waals surface area contributed by atoms with E-state index >= 15 is 0 Å². The summed E-state index contributed by atoms with van der Waals surface area (Å²) in [6.45, 7) is 1.03. The quantitative estimate of drug-likeness (QED) is 0.353. The number of aliphatic hydroxyl groups excluding tert-OH is 2. The molecule has 1 fully saturated rings. The molecule has 2 aliphatic rings. The summed E-state index contributed by atoms with van der Waals surface area (Å²) in [4.78, 5) is 37.0. The first-order chi connectivity index (χ1) is 17.5. The van der Waals surface area contributed by atoms with E-state index in [1.807, 2.05) is 0 Å². The van der Waals surface area contributed by atoms with Crippen LogP contribution in [0.25, 0.3) is 0 Å². The molecule has 4 heterocycles. The zero-order valence-electron chi connectivity index (χ0n) is 19.7. The molecular formula is C23H25F4N5O5. The molecule has 0 aromatic carbocycles. The lowest BCUT2D eigenvalue weighted by molar-refractivity contribution is -0.168. The van der Waals surface area contributed by atoms with Crippen molar-refractivity contribution >= 4 is 29.1 Å². The van der Waals surface area contributed by atoms with E-state index in [2.05, 4.69) is 15.3 Å². The second kappa shape index (κ2) is 10.5. The van der Waals surface area contributed by atoms with E-state index < -0.39 is 54.6 Å². The van der Waals surface area contributed by atoms with Crippen LogP contribution in [0.3, 0.4) is 0 Å². The van der Waals surface area contributed by atoms with Crippen LogP contribution in [-0.4, -0.2) is 76.6 Å². The molecule has 2 aliphatic heterocycles. The number of nitrogens with zero attached hydrogens (tertiary/aromatic N) is 4. The van der Waals surface area contributed by atoms with Crippen molar-refractivity contribution in [3.05, 3.63) is 35.9 Å². The van der Waals surface area contributed by atoms with Crippen LogP contribution in [0.5, 0.6) is 5.75 Å². The van der Waals surface area contributed by atoms with Gasteiger partial charge in [0.2, 0.25) is 0 Å². The zero-order chi connectivity index (χ0) is 26.9. The number of anilines is 3. The molecule has 0 spiro atoms. The van der Waals surface area contributed by atoms with Crippen LogP contribution in [0, 0.1) is 11.7 Å². The maximum atomic E-state index is 14.8. The van der Waals surface area contributed by atoms with Gasteiger partial charge >= 0.3 is 12.2 Å². The lowest BCUT2D eigenvalue weighted by Gasteiger charge is -2.35. The molecule has 4 rings (SSSR count). The van der Waals surface area contributed by atoms with Crippen molar-refractivity contribution < 1.29 is 42.1 Å². The number of rotatable bonds is 8. The van der Waals surface area contributed by atoms with Gasteiger partial charge in [0, 0.05) is 37.8 Å². The van der Waals surface area contributed by atoms with E-state index in [9.17, 15) is 32.3 Å². The first kappa shape index (κ1) is 26.5. The Morgan fingerprint density at radius 3 is 2.78 bits per heavy atom. The molecule has 2 amide bonds. The van der Waals surface area contributed by atoms with Crippen molar-refractivity contribution in [3.8, 4) is 5.75 Å². The molecule has 14 heteroatoms. The minimum atomic E-state index is -4.63. The summed E-state index contributed by atoms with van der Waals surface area (Å²) in [5, 5.41) is 20.9. The van der Waals surface area contributed by atoms with Crippen molar-refractivity contribution in [2.75, 3.05) is 41.4 Å². The van der Waals surface area contributed by atoms with Crippen LogP contribution < -0.4 is 19.9 Å². The number of urea groups is 1. The van der Waals surface area contributed by atoms with Gasteiger partial charge in [-0.15, -0.1) is 0 Å². The lowest BCUT2D eigenvalue weighted by atomic mass is 10.0. The third kappa shape index (κ3) is 5.74. The largest absolute Gasteiger partial charge is 0.491 e. The second-order valence-electron chi connectivity index (χ2n) is 8.94. The van der Waals surface area contributed by atoms with Crippen molar-refractivity contribution in [2.45, 2.75) is 38.1 Å². The molecule has 2 aromatic rings. The van der Waals surface area contributed by atoms with Gasteiger partial charge in [-0.05, 0) is 12.5 Å². The number of hydrogen-bond acceptors (Lipinski definition) is 8. The van der Waals surface area contributed by atoms with Crippen LogP contribution in [0.15, 0.2) is 24.4 Å². The van der Waals surface area contributed by atoms with Gasteiger partial charge in [-0.3, -0.25) is 15.0 Å². The van der Waals surface area contributed by atoms with E-state index in [4.69, 9.17) is 9.84 Å². The highest BCUT2D eigenvalue weighted by Gasteiger charge is 2.42.